The van der Waals surface area contributed by atoms with E-state index in [2.05, 4.69) is 13.8 Å². The molecule has 1 fully saturated rings. The molecule has 166 valence electrons. The van der Waals surface area contributed by atoms with Gasteiger partial charge in [-0.05, 0) is 60.6 Å². The quantitative estimate of drug-likeness (QED) is 0.766. The number of phenols is 1. The molecule has 2 aliphatic rings. The molecule has 2 aromatic carbocycles. The molecule has 6 heteroatoms. The number of likely N-dealkylation sites (tertiary alicyclic amines) is 1. The maximum Gasteiger partial charge on any atom is 0.231 e. The maximum absolute atomic E-state index is 13.4. The van der Waals surface area contributed by atoms with E-state index >= 15 is 0 Å². The van der Waals surface area contributed by atoms with Crippen molar-refractivity contribution >= 4 is 5.91 Å². The molecule has 0 aliphatic carbocycles. The van der Waals surface area contributed by atoms with Crippen molar-refractivity contribution in [3.63, 3.8) is 0 Å². The van der Waals surface area contributed by atoms with Crippen LogP contribution in [0.3, 0.4) is 0 Å². The smallest absolute Gasteiger partial charge is 0.231 e. The summed E-state index contributed by atoms with van der Waals surface area (Å²) in [4.78, 5) is 15.4. The van der Waals surface area contributed by atoms with Gasteiger partial charge in [-0.2, -0.15) is 0 Å². The lowest BCUT2D eigenvalue weighted by Crippen LogP contribution is -2.43. The molecule has 6 nitrogen and oxygen atoms in total. The number of aromatic hydroxyl groups is 1. The van der Waals surface area contributed by atoms with Crippen LogP contribution in [-0.2, 0) is 4.79 Å². The van der Waals surface area contributed by atoms with Crippen molar-refractivity contribution in [1.29, 1.82) is 0 Å². The van der Waals surface area contributed by atoms with Crippen molar-refractivity contribution in [2.24, 2.45) is 11.8 Å². The number of nitrogens with zero attached hydrogens (tertiary/aromatic N) is 1. The molecule has 1 N–H and O–H groups in total. The SMILES string of the molecule is COc1cc(C)cc(O)c1C(CC(=O)N1C[C@H](C)C[C@H](C)C1)c1ccc2c(c1)OCO2. The van der Waals surface area contributed by atoms with Gasteiger partial charge in [-0.3, -0.25) is 4.79 Å². The van der Waals surface area contributed by atoms with Crippen LogP contribution in [-0.4, -0.2) is 42.9 Å². The number of phenolic OH excluding ortho intramolecular Hbond substituents is 1. The highest BCUT2D eigenvalue weighted by Crippen LogP contribution is 2.44. The first-order chi connectivity index (χ1) is 14.9. The molecular weight excluding hydrogens is 394 g/mol. The number of ether oxygens (including phenoxy) is 3. The van der Waals surface area contributed by atoms with Crippen LogP contribution in [0.25, 0.3) is 0 Å². The van der Waals surface area contributed by atoms with Gasteiger partial charge in [0.1, 0.15) is 11.5 Å². The summed E-state index contributed by atoms with van der Waals surface area (Å²) in [6.07, 6.45) is 1.38. The third-order valence-corrected chi connectivity index (χ3v) is 6.23. The summed E-state index contributed by atoms with van der Waals surface area (Å²) < 4.78 is 16.6. The van der Waals surface area contributed by atoms with Crippen LogP contribution in [0.1, 0.15) is 49.3 Å². The third kappa shape index (κ3) is 4.43. The summed E-state index contributed by atoms with van der Waals surface area (Å²) in [5.41, 5.74) is 2.40. The largest absolute Gasteiger partial charge is 0.507 e. The predicted octanol–water partition coefficient (Wildman–Crippen LogP) is 4.46. The summed E-state index contributed by atoms with van der Waals surface area (Å²) in [6.45, 7) is 8.02. The molecule has 0 radical (unpaired) electrons. The number of hydrogen-bond donors (Lipinski definition) is 1. The Morgan fingerprint density at radius 1 is 1.16 bits per heavy atom. The fourth-order valence-electron chi connectivity index (χ4n) is 4.95. The van der Waals surface area contributed by atoms with Crippen molar-refractivity contribution in [3.8, 4) is 23.0 Å². The summed E-state index contributed by atoms with van der Waals surface area (Å²) in [6, 6.07) is 9.31. The van der Waals surface area contributed by atoms with E-state index in [0.29, 0.717) is 34.6 Å². The highest BCUT2D eigenvalue weighted by Gasteiger charge is 2.31. The van der Waals surface area contributed by atoms with Gasteiger partial charge >= 0.3 is 0 Å². The first kappa shape index (κ1) is 21.3. The monoisotopic (exact) mass is 425 g/mol. The minimum absolute atomic E-state index is 0.0862. The van der Waals surface area contributed by atoms with Crippen LogP contribution in [0, 0.1) is 18.8 Å². The number of fused-ring (bicyclic) bond motifs is 1. The van der Waals surface area contributed by atoms with E-state index < -0.39 is 0 Å². The lowest BCUT2D eigenvalue weighted by atomic mass is 9.85. The van der Waals surface area contributed by atoms with Crippen LogP contribution in [0.4, 0.5) is 0 Å². The lowest BCUT2D eigenvalue weighted by molar-refractivity contribution is -0.134. The van der Waals surface area contributed by atoms with E-state index in [1.54, 1.807) is 13.2 Å². The Morgan fingerprint density at radius 3 is 2.58 bits per heavy atom. The highest BCUT2D eigenvalue weighted by molar-refractivity contribution is 5.78. The second kappa shape index (κ2) is 8.69. The van der Waals surface area contributed by atoms with Gasteiger partial charge in [-0.25, -0.2) is 0 Å². The molecular formula is C25H31NO5. The van der Waals surface area contributed by atoms with E-state index in [1.165, 1.54) is 0 Å². The second-order valence-electron chi connectivity index (χ2n) is 9.01. The lowest BCUT2D eigenvalue weighted by Gasteiger charge is -2.36. The van der Waals surface area contributed by atoms with Crippen LogP contribution < -0.4 is 14.2 Å². The first-order valence-electron chi connectivity index (χ1n) is 10.9. The molecule has 1 saturated heterocycles. The number of carbonyl (C=O) groups is 1. The van der Waals surface area contributed by atoms with Crippen LogP contribution in [0.15, 0.2) is 30.3 Å². The number of methoxy groups -OCH3 is 1. The van der Waals surface area contributed by atoms with E-state index in [0.717, 1.165) is 30.6 Å². The summed E-state index contributed by atoms with van der Waals surface area (Å²) >= 11 is 0. The van der Waals surface area contributed by atoms with Crippen molar-refractivity contribution in [2.45, 2.75) is 39.5 Å². The van der Waals surface area contributed by atoms with Gasteiger partial charge in [0.25, 0.3) is 0 Å². The minimum Gasteiger partial charge on any atom is -0.507 e. The Hall–Kier alpha value is -2.89. The Kier molecular flexibility index (Phi) is 5.99. The zero-order valence-corrected chi connectivity index (χ0v) is 18.7. The van der Waals surface area contributed by atoms with Gasteiger partial charge in [-0.1, -0.05) is 19.9 Å². The molecule has 1 amide bonds. The number of aryl methyl sites for hydroxylation is 1. The van der Waals surface area contributed by atoms with E-state index in [4.69, 9.17) is 14.2 Å². The molecule has 0 spiro atoms. The van der Waals surface area contributed by atoms with Gasteiger partial charge in [0.15, 0.2) is 11.5 Å². The Bertz CT molecular complexity index is 963. The van der Waals surface area contributed by atoms with Gasteiger partial charge in [0.05, 0.1) is 7.11 Å². The summed E-state index contributed by atoms with van der Waals surface area (Å²) in [5, 5.41) is 10.9. The molecule has 0 saturated carbocycles. The van der Waals surface area contributed by atoms with Crippen molar-refractivity contribution in [1.82, 2.24) is 4.90 Å². The van der Waals surface area contributed by atoms with Gasteiger partial charge in [0, 0.05) is 31.0 Å². The zero-order valence-electron chi connectivity index (χ0n) is 18.7. The maximum atomic E-state index is 13.4. The normalized spacial score (nSPS) is 21.1. The Morgan fingerprint density at radius 2 is 1.87 bits per heavy atom. The molecule has 0 aromatic heterocycles. The Balaban J connectivity index is 1.73. The van der Waals surface area contributed by atoms with Crippen LogP contribution >= 0.6 is 0 Å². The number of benzene rings is 2. The van der Waals surface area contributed by atoms with Gasteiger partial charge < -0.3 is 24.2 Å². The molecule has 4 rings (SSSR count). The predicted molar refractivity (Wildman–Crippen MR) is 118 cm³/mol. The molecule has 0 bridgehead atoms. The fraction of sp³-hybridized carbons (Fsp3) is 0.480. The number of hydrogen-bond acceptors (Lipinski definition) is 5. The first-order valence-corrected chi connectivity index (χ1v) is 10.9. The number of carbonyl (C=O) groups excluding carboxylic acids is 1. The van der Waals surface area contributed by atoms with Crippen LogP contribution in [0.2, 0.25) is 0 Å². The number of rotatable bonds is 5. The molecule has 2 aromatic rings. The third-order valence-electron chi connectivity index (χ3n) is 6.23. The standard InChI is InChI=1S/C25H31NO5/c1-15-8-20(27)25(23(9-15)29-4)19(18-5-6-21-22(10-18)31-14-30-21)11-24(28)26-12-16(2)7-17(3)13-26/h5-6,8-10,16-17,19,27H,7,11-14H2,1-4H3/t16-,17+,19?. The Labute approximate surface area is 183 Å². The fourth-order valence-corrected chi connectivity index (χ4v) is 4.95. The topological polar surface area (TPSA) is 68.2 Å². The zero-order chi connectivity index (χ0) is 22.1. The average molecular weight is 426 g/mol. The van der Waals surface area contributed by atoms with Crippen molar-refractivity contribution in [2.75, 3.05) is 27.0 Å². The number of amides is 1. The summed E-state index contributed by atoms with van der Waals surface area (Å²) in [5.74, 6) is 2.74. The van der Waals surface area contributed by atoms with Crippen LogP contribution in [0.5, 0.6) is 23.0 Å². The summed E-state index contributed by atoms with van der Waals surface area (Å²) in [7, 11) is 1.59. The molecule has 3 atom stereocenters. The van der Waals surface area contributed by atoms with E-state index in [9.17, 15) is 9.90 Å². The molecule has 2 heterocycles. The molecule has 2 aliphatic heterocycles. The molecule has 1 unspecified atom stereocenters. The van der Waals surface area contributed by atoms with E-state index in [1.807, 2.05) is 36.1 Å². The van der Waals surface area contributed by atoms with Crippen molar-refractivity contribution in [3.05, 3.63) is 47.0 Å². The minimum atomic E-state index is -0.370. The second-order valence-corrected chi connectivity index (χ2v) is 9.01. The average Bonchev–Trinajstić information content (AvgIpc) is 3.19. The number of piperidine rings is 1. The highest BCUT2D eigenvalue weighted by atomic mass is 16.7. The van der Waals surface area contributed by atoms with Gasteiger partial charge in [0.2, 0.25) is 12.7 Å². The van der Waals surface area contributed by atoms with E-state index in [-0.39, 0.29) is 30.8 Å². The molecule has 31 heavy (non-hydrogen) atoms. The van der Waals surface area contributed by atoms with Crippen molar-refractivity contribution < 1.29 is 24.1 Å². The van der Waals surface area contributed by atoms with Gasteiger partial charge in [-0.15, -0.1) is 0 Å².